The van der Waals surface area contributed by atoms with Crippen LogP contribution in [-0.4, -0.2) is 4.98 Å². The van der Waals surface area contributed by atoms with Crippen molar-refractivity contribution in [2.75, 3.05) is 5.73 Å². The molecule has 0 atom stereocenters. The molecule has 0 spiro atoms. The Morgan fingerprint density at radius 3 is 2.22 bits per heavy atom. The molecule has 0 saturated heterocycles. The number of nitrogens with zero attached hydrogens (tertiary/aromatic N) is 1. The minimum atomic E-state index is -4.34. The predicted octanol–water partition coefficient (Wildman–Crippen LogP) is 4.00. The summed E-state index contributed by atoms with van der Waals surface area (Å²) in [4.78, 5) is 3.85. The third-order valence-corrected chi connectivity index (χ3v) is 2.63. The van der Waals surface area contributed by atoms with Crippen molar-refractivity contribution in [2.45, 2.75) is 6.18 Å². The molecular weight excluding hydrogens is 265 g/mol. The fourth-order valence-corrected chi connectivity index (χ4v) is 1.69. The minimum Gasteiger partial charge on any atom is -0.398 e. The number of aromatic nitrogens is 1. The van der Waals surface area contributed by atoms with Crippen LogP contribution in [0.2, 0.25) is 5.15 Å². The van der Waals surface area contributed by atoms with E-state index in [1.54, 1.807) is 0 Å². The molecule has 0 fully saturated rings. The molecule has 2 aromatic rings. The molecule has 18 heavy (non-hydrogen) atoms. The molecule has 0 bridgehead atoms. The lowest BCUT2D eigenvalue weighted by atomic mass is 10.0. The molecule has 2 rings (SSSR count). The normalized spacial score (nSPS) is 11.6. The van der Waals surface area contributed by atoms with Crippen molar-refractivity contribution in [3.63, 3.8) is 0 Å². The number of hydrogen-bond donors (Lipinski definition) is 1. The Hall–Kier alpha value is -1.75. The van der Waals surface area contributed by atoms with Gasteiger partial charge in [-0.1, -0.05) is 23.7 Å². The molecule has 0 radical (unpaired) electrons. The van der Waals surface area contributed by atoms with Crippen LogP contribution in [0.5, 0.6) is 0 Å². The van der Waals surface area contributed by atoms with Crippen molar-refractivity contribution in [1.29, 1.82) is 0 Å². The maximum Gasteiger partial charge on any atom is 0.416 e. The SMILES string of the molecule is Nc1cc(Cl)ncc1-c1ccc(C(F)(F)F)cc1. The Morgan fingerprint density at radius 2 is 1.72 bits per heavy atom. The molecule has 0 aliphatic carbocycles. The van der Waals surface area contributed by atoms with E-state index in [1.165, 1.54) is 24.4 Å². The number of halogens is 4. The third kappa shape index (κ3) is 2.56. The van der Waals surface area contributed by atoms with Gasteiger partial charge in [0.05, 0.1) is 5.56 Å². The molecule has 0 aliphatic heterocycles. The van der Waals surface area contributed by atoms with E-state index in [0.29, 0.717) is 16.8 Å². The number of benzene rings is 1. The average Bonchev–Trinajstić information content (AvgIpc) is 2.28. The molecule has 2 nitrogen and oxygen atoms in total. The maximum atomic E-state index is 12.4. The summed E-state index contributed by atoms with van der Waals surface area (Å²) in [5.74, 6) is 0. The first kappa shape index (κ1) is 12.7. The quantitative estimate of drug-likeness (QED) is 0.797. The van der Waals surface area contributed by atoms with E-state index in [1.807, 2.05) is 0 Å². The molecule has 1 aromatic heterocycles. The van der Waals surface area contributed by atoms with Crippen LogP contribution in [0.4, 0.5) is 18.9 Å². The fraction of sp³-hybridized carbons (Fsp3) is 0.0833. The first-order valence-electron chi connectivity index (χ1n) is 4.96. The average molecular weight is 273 g/mol. The number of anilines is 1. The first-order valence-corrected chi connectivity index (χ1v) is 5.34. The summed E-state index contributed by atoms with van der Waals surface area (Å²) in [6.07, 6.45) is -2.91. The molecule has 0 unspecified atom stereocenters. The van der Waals surface area contributed by atoms with Crippen LogP contribution < -0.4 is 5.73 Å². The summed E-state index contributed by atoms with van der Waals surface area (Å²) in [6, 6.07) is 6.16. The number of alkyl halides is 3. The third-order valence-electron chi connectivity index (χ3n) is 2.43. The fourth-order valence-electron chi connectivity index (χ4n) is 1.52. The molecule has 94 valence electrons. The smallest absolute Gasteiger partial charge is 0.398 e. The van der Waals surface area contributed by atoms with Crippen molar-refractivity contribution in [3.8, 4) is 11.1 Å². The summed E-state index contributed by atoms with van der Waals surface area (Å²) >= 11 is 5.65. The topological polar surface area (TPSA) is 38.9 Å². The number of pyridine rings is 1. The second kappa shape index (κ2) is 4.49. The summed E-state index contributed by atoms with van der Waals surface area (Å²) in [7, 11) is 0. The van der Waals surface area contributed by atoms with Gasteiger partial charge in [-0.25, -0.2) is 4.98 Å². The van der Waals surface area contributed by atoms with Gasteiger partial charge in [0.2, 0.25) is 0 Å². The van der Waals surface area contributed by atoms with Crippen LogP contribution >= 0.6 is 11.6 Å². The monoisotopic (exact) mass is 272 g/mol. The Labute approximate surface area is 106 Å². The van der Waals surface area contributed by atoms with E-state index in [2.05, 4.69) is 4.98 Å². The number of nitrogen functional groups attached to an aromatic ring is 1. The lowest BCUT2D eigenvalue weighted by Gasteiger charge is -2.09. The predicted molar refractivity (Wildman–Crippen MR) is 64.1 cm³/mol. The highest BCUT2D eigenvalue weighted by Gasteiger charge is 2.30. The van der Waals surface area contributed by atoms with Gasteiger partial charge in [-0.2, -0.15) is 13.2 Å². The van der Waals surface area contributed by atoms with Gasteiger partial charge in [0.1, 0.15) is 5.15 Å². The molecule has 0 saturated carbocycles. The number of rotatable bonds is 1. The van der Waals surface area contributed by atoms with Gasteiger partial charge < -0.3 is 5.73 Å². The standard InChI is InChI=1S/C12H8ClF3N2/c13-11-5-10(17)9(6-18-11)7-1-3-8(4-2-7)12(14,15)16/h1-6H,(H2,17,18). The van der Waals surface area contributed by atoms with E-state index in [0.717, 1.165) is 12.1 Å². The lowest BCUT2D eigenvalue weighted by molar-refractivity contribution is -0.137. The number of hydrogen-bond acceptors (Lipinski definition) is 2. The van der Waals surface area contributed by atoms with Crippen LogP contribution in [-0.2, 0) is 6.18 Å². The highest BCUT2D eigenvalue weighted by molar-refractivity contribution is 6.29. The van der Waals surface area contributed by atoms with Crippen LogP contribution in [0.3, 0.4) is 0 Å². The molecular formula is C12H8ClF3N2. The summed E-state index contributed by atoms with van der Waals surface area (Å²) < 4.78 is 37.2. The minimum absolute atomic E-state index is 0.239. The van der Waals surface area contributed by atoms with Crippen molar-refractivity contribution >= 4 is 17.3 Å². The number of nitrogens with two attached hydrogens (primary N) is 1. The first-order chi connectivity index (χ1) is 8.38. The van der Waals surface area contributed by atoms with E-state index < -0.39 is 11.7 Å². The zero-order valence-corrected chi connectivity index (χ0v) is 9.76. The van der Waals surface area contributed by atoms with E-state index >= 15 is 0 Å². The zero-order chi connectivity index (χ0) is 13.3. The lowest BCUT2D eigenvalue weighted by Crippen LogP contribution is -2.04. The van der Waals surface area contributed by atoms with Gasteiger partial charge in [0.15, 0.2) is 0 Å². The molecule has 2 N–H and O–H groups in total. The van der Waals surface area contributed by atoms with Gasteiger partial charge >= 0.3 is 6.18 Å². The van der Waals surface area contributed by atoms with Crippen LogP contribution in [0.25, 0.3) is 11.1 Å². The molecule has 0 aliphatic rings. The van der Waals surface area contributed by atoms with Gasteiger partial charge in [-0.15, -0.1) is 0 Å². The summed E-state index contributed by atoms with van der Waals surface area (Å²) in [5.41, 5.74) is 6.51. The van der Waals surface area contributed by atoms with Gasteiger partial charge in [0.25, 0.3) is 0 Å². The van der Waals surface area contributed by atoms with E-state index in [9.17, 15) is 13.2 Å². The maximum absolute atomic E-state index is 12.4. The van der Waals surface area contributed by atoms with Crippen molar-refractivity contribution in [2.24, 2.45) is 0 Å². The second-order valence-corrected chi connectivity index (χ2v) is 4.06. The van der Waals surface area contributed by atoms with Crippen molar-refractivity contribution in [3.05, 3.63) is 47.2 Å². The van der Waals surface area contributed by atoms with Crippen LogP contribution in [0.1, 0.15) is 5.56 Å². The largest absolute Gasteiger partial charge is 0.416 e. The Morgan fingerprint density at radius 1 is 1.11 bits per heavy atom. The highest BCUT2D eigenvalue weighted by Crippen LogP contribution is 2.32. The Kier molecular flexibility index (Phi) is 3.17. The van der Waals surface area contributed by atoms with E-state index in [4.69, 9.17) is 17.3 Å². The summed E-state index contributed by atoms with van der Waals surface area (Å²) in [5, 5.41) is 0.239. The highest BCUT2D eigenvalue weighted by atomic mass is 35.5. The van der Waals surface area contributed by atoms with Gasteiger partial charge in [-0.05, 0) is 23.8 Å². The van der Waals surface area contributed by atoms with Gasteiger partial charge in [-0.3, -0.25) is 0 Å². The summed E-state index contributed by atoms with van der Waals surface area (Å²) in [6.45, 7) is 0. The van der Waals surface area contributed by atoms with Crippen molar-refractivity contribution in [1.82, 2.24) is 4.98 Å². The van der Waals surface area contributed by atoms with E-state index in [-0.39, 0.29) is 5.15 Å². The Bertz CT molecular complexity index is 565. The van der Waals surface area contributed by atoms with Crippen molar-refractivity contribution < 1.29 is 13.2 Å². The van der Waals surface area contributed by atoms with Crippen LogP contribution in [0, 0.1) is 0 Å². The zero-order valence-electron chi connectivity index (χ0n) is 9.00. The molecule has 0 amide bonds. The van der Waals surface area contributed by atoms with Crippen LogP contribution in [0.15, 0.2) is 36.5 Å². The van der Waals surface area contributed by atoms with Gasteiger partial charge in [0, 0.05) is 17.4 Å². The second-order valence-electron chi connectivity index (χ2n) is 3.67. The molecule has 6 heteroatoms. The molecule has 1 aromatic carbocycles. The molecule has 1 heterocycles. The Balaban J connectivity index is 2.41.